The number of benzene rings is 2. The molecule has 0 saturated heterocycles. The largest absolute Gasteiger partial charge is 1.00 e. The van der Waals surface area contributed by atoms with Gasteiger partial charge in [0.1, 0.15) is 5.25 Å². The van der Waals surface area contributed by atoms with Gasteiger partial charge in [-0.15, -0.1) is 0 Å². The van der Waals surface area contributed by atoms with Crippen molar-refractivity contribution in [2.24, 2.45) is 0 Å². The predicted molar refractivity (Wildman–Crippen MR) is 78.9 cm³/mol. The van der Waals surface area contributed by atoms with Crippen LogP contribution in [0.2, 0.25) is 0 Å². The Balaban J connectivity index is 0.000000397. The molecule has 1 fully saturated rings. The fraction of sp³-hybridized carbons (Fsp3) is 0.200. The SMILES string of the molecule is FB(F)F.[F-].c1ccc([S+](c2ccccc2)C2CC2)cc1. The van der Waals surface area contributed by atoms with Gasteiger partial charge in [0.15, 0.2) is 9.79 Å². The Kier molecular flexibility index (Phi) is 7.36. The fourth-order valence-electron chi connectivity index (χ4n) is 1.96. The quantitative estimate of drug-likeness (QED) is 0.460. The van der Waals surface area contributed by atoms with E-state index in [1.165, 1.54) is 22.6 Å². The van der Waals surface area contributed by atoms with Crippen LogP contribution in [0.15, 0.2) is 70.5 Å². The molecule has 0 N–H and O–H groups in total. The average molecular weight is 314 g/mol. The maximum atomic E-state index is 9.67. The van der Waals surface area contributed by atoms with Crippen LogP contribution in [0.4, 0.5) is 12.9 Å². The molecule has 0 unspecified atom stereocenters. The molecule has 112 valence electrons. The van der Waals surface area contributed by atoms with E-state index in [9.17, 15) is 12.9 Å². The van der Waals surface area contributed by atoms with E-state index in [1.54, 1.807) is 0 Å². The Morgan fingerprint density at radius 2 is 1.10 bits per heavy atom. The molecule has 0 aromatic heterocycles. The summed E-state index contributed by atoms with van der Waals surface area (Å²) in [6.07, 6.45) is 2.79. The Labute approximate surface area is 125 Å². The van der Waals surface area contributed by atoms with E-state index in [0.29, 0.717) is 10.9 Å². The summed E-state index contributed by atoms with van der Waals surface area (Å²) < 4.78 is 29.0. The van der Waals surface area contributed by atoms with E-state index in [-0.39, 0.29) is 4.70 Å². The van der Waals surface area contributed by atoms with Gasteiger partial charge in [0.2, 0.25) is 0 Å². The van der Waals surface area contributed by atoms with Crippen LogP contribution in [0.5, 0.6) is 0 Å². The molecule has 21 heavy (non-hydrogen) atoms. The topological polar surface area (TPSA) is 0 Å². The monoisotopic (exact) mass is 314 g/mol. The van der Waals surface area contributed by atoms with Gasteiger partial charge in [0.05, 0.1) is 10.9 Å². The first-order valence-electron chi connectivity index (χ1n) is 6.44. The van der Waals surface area contributed by atoms with E-state index >= 15 is 0 Å². The molecule has 0 spiro atoms. The summed E-state index contributed by atoms with van der Waals surface area (Å²) in [5, 5.41) is 0.893. The smallest absolute Gasteiger partial charge is 0.762 e. The van der Waals surface area contributed by atoms with Crippen molar-refractivity contribution in [3.63, 3.8) is 0 Å². The summed E-state index contributed by atoms with van der Waals surface area (Å²) in [5.74, 6) is 0. The lowest BCUT2D eigenvalue weighted by molar-refractivity contribution is -0.00000677. The maximum absolute atomic E-state index is 9.67. The van der Waals surface area contributed by atoms with E-state index in [4.69, 9.17) is 0 Å². The highest BCUT2D eigenvalue weighted by molar-refractivity contribution is 7.97. The Bertz CT molecular complexity index is 463. The number of hydrogen-bond acceptors (Lipinski definition) is 0. The third-order valence-corrected chi connectivity index (χ3v) is 5.55. The van der Waals surface area contributed by atoms with Crippen molar-refractivity contribution in [1.29, 1.82) is 0 Å². The molecule has 0 aliphatic heterocycles. The minimum atomic E-state index is -3.67. The number of halogens is 4. The van der Waals surface area contributed by atoms with Gasteiger partial charge in [-0.05, 0) is 24.3 Å². The molecule has 0 nitrogen and oxygen atoms in total. The molecule has 1 saturated carbocycles. The van der Waals surface area contributed by atoms with Gasteiger partial charge in [0.25, 0.3) is 0 Å². The van der Waals surface area contributed by atoms with Crippen molar-refractivity contribution in [3.05, 3.63) is 60.7 Å². The molecular formula is C15H15BF4S. The summed E-state index contributed by atoms with van der Waals surface area (Å²) in [6, 6.07) is 21.9. The molecular weight excluding hydrogens is 299 g/mol. The zero-order valence-electron chi connectivity index (χ0n) is 11.3. The Hall–Kier alpha value is -1.43. The van der Waals surface area contributed by atoms with Crippen molar-refractivity contribution in [2.45, 2.75) is 27.9 Å². The Morgan fingerprint density at radius 3 is 1.38 bits per heavy atom. The standard InChI is InChI=1S/C15H15S.BF3.FH/c1-3-7-13(8-4-1)16(15-11-12-15)14-9-5-2-6-10-14;2-1(3)4;/h1-10,15H,11-12H2;;1H/q+1;;/p-1. The van der Waals surface area contributed by atoms with Crippen LogP contribution in [0, 0.1) is 0 Å². The molecule has 0 amide bonds. The fourth-order valence-corrected chi connectivity index (χ4v) is 4.51. The lowest BCUT2D eigenvalue weighted by atomic mass is 10.4. The zero-order chi connectivity index (χ0) is 14.4. The van der Waals surface area contributed by atoms with E-state index < -0.39 is 7.54 Å². The minimum Gasteiger partial charge on any atom is -1.00 e. The highest BCUT2D eigenvalue weighted by Gasteiger charge is 2.43. The van der Waals surface area contributed by atoms with Crippen LogP contribution >= 0.6 is 0 Å². The highest BCUT2D eigenvalue weighted by atomic mass is 32.2. The normalized spacial score (nSPS) is 13.0. The molecule has 0 radical (unpaired) electrons. The number of rotatable bonds is 3. The summed E-state index contributed by atoms with van der Waals surface area (Å²) in [5.41, 5.74) is 0. The van der Waals surface area contributed by atoms with Crippen LogP contribution in [-0.4, -0.2) is 12.8 Å². The minimum absolute atomic E-state index is 0. The lowest BCUT2D eigenvalue weighted by Gasteiger charge is -2.06. The van der Waals surface area contributed by atoms with E-state index in [0.717, 1.165) is 5.25 Å². The Morgan fingerprint density at radius 1 is 0.762 bits per heavy atom. The van der Waals surface area contributed by atoms with Crippen LogP contribution in [0.3, 0.4) is 0 Å². The van der Waals surface area contributed by atoms with Gasteiger partial charge in [-0.1, -0.05) is 36.4 Å². The van der Waals surface area contributed by atoms with Crippen LogP contribution in [-0.2, 0) is 10.9 Å². The van der Waals surface area contributed by atoms with Crippen LogP contribution in [0.1, 0.15) is 12.8 Å². The molecule has 2 aromatic rings. The van der Waals surface area contributed by atoms with Gasteiger partial charge in [0, 0.05) is 12.8 Å². The summed E-state index contributed by atoms with van der Waals surface area (Å²) in [6.45, 7) is 0. The predicted octanol–water partition coefficient (Wildman–Crippen LogP) is 1.77. The molecule has 3 rings (SSSR count). The van der Waals surface area contributed by atoms with Gasteiger partial charge in [-0.2, -0.15) is 0 Å². The lowest BCUT2D eigenvalue weighted by Crippen LogP contribution is -3.00. The first-order valence-corrected chi connectivity index (χ1v) is 7.72. The highest BCUT2D eigenvalue weighted by Crippen LogP contribution is 2.39. The van der Waals surface area contributed by atoms with E-state index in [1.807, 2.05) is 0 Å². The van der Waals surface area contributed by atoms with Crippen LogP contribution in [0.25, 0.3) is 0 Å². The zero-order valence-corrected chi connectivity index (χ0v) is 12.1. The molecule has 2 aromatic carbocycles. The van der Waals surface area contributed by atoms with Crippen molar-refractivity contribution in [2.75, 3.05) is 0 Å². The van der Waals surface area contributed by atoms with Gasteiger partial charge in [-0.3, -0.25) is 12.9 Å². The van der Waals surface area contributed by atoms with Crippen molar-refractivity contribution in [1.82, 2.24) is 0 Å². The first-order chi connectivity index (χ1) is 9.68. The van der Waals surface area contributed by atoms with Gasteiger partial charge >= 0.3 is 7.54 Å². The molecule has 1 aliphatic carbocycles. The second kappa shape index (κ2) is 8.77. The third kappa shape index (κ3) is 5.83. The summed E-state index contributed by atoms with van der Waals surface area (Å²) >= 11 is 0. The number of hydrogen-bond donors (Lipinski definition) is 0. The third-order valence-electron chi connectivity index (χ3n) is 2.85. The molecule has 0 heterocycles. The molecule has 0 bridgehead atoms. The molecule has 1 aliphatic rings. The van der Waals surface area contributed by atoms with E-state index in [2.05, 4.69) is 60.7 Å². The van der Waals surface area contributed by atoms with Gasteiger partial charge < -0.3 is 4.70 Å². The van der Waals surface area contributed by atoms with Crippen LogP contribution < -0.4 is 4.70 Å². The van der Waals surface area contributed by atoms with Crippen molar-refractivity contribution in [3.8, 4) is 0 Å². The maximum Gasteiger partial charge on any atom is 0.762 e. The average Bonchev–Trinajstić information content (AvgIpc) is 3.26. The van der Waals surface area contributed by atoms with Gasteiger partial charge in [-0.25, -0.2) is 0 Å². The summed E-state index contributed by atoms with van der Waals surface area (Å²) in [7, 11) is -3.36. The first kappa shape index (κ1) is 17.6. The molecule has 0 atom stereocenters. The van der Waals surface area contributed by atoms with Crippen molar-refractivity contribution >= 4 is 18.4 Å². The second-order valence-corrected chi connectivity index (χ2v) is 6.70. The van der Waals surface area contributed by atoms with Crippen molar-refractivity contribution < 1.29 is 17.7 Å². The second-order valence-electron chi connectivity index (χ2n) is 4.41. The summed E-state index contributed by atoms with van der Waals surface area (Å²) in [4.78, 5) is 2.99. The molecule has 6 heteroatoms.